The van der Waals surface area contributed by atoms with Gasteiger partial charge in [-0.2, -0.15) is 0 Å². The Labute approximate surface area is 110 Å². The van der Waals surface area contributed by atoms with Crippen molar-refractivity contribution < 1.29 is 9.90 Å². The number of aryl methyl sites for hydroxylation is 2. The minimum atomic E-state index is -0.724. The van der Waals surface area contributed by atoms with Crippen LogP contribution < -0.4 is 0 Å². The molecule has 0 saturated heterocycles. The number of carboxylic acid groups (broad SMARTS) is 1. The predicted molar refractivity (Wildman–Crippen MR) is 69.7 cm³/mol. The number of aromatic amines is 1. The molecule has 0 bridgehead atoms. The molecule has 0 aliphatic heterocycles. The third-order valence-corrected chi connectivity index (χ3v) is 3.67. The first-order valence-corrected chi connectivity index (χ1v) is 6.38. The maximum absolute atomic E-state index is 11.1. The van der Waals surface area contributed by atoms with Crippen molar-refractivity contribution in [3.8, 4) is 11.5 Å². The second-order valence-electron chi connectivity index (χ2n) is 4.92. The van der Waals surface area contributed by atoms with Crippen molar-refractivity contribution in [2.24, 2.45) is 5.92 Å². The molecule has 3 rings (SSSR count). The van der Waals surface area contributed by atoms with Crippen LogP contribution in [0, 0.1) is 12.8 Å². The maximum atomic E-state index is 11.1. The number of hydrogen-bond acceptors (Lipinski definition) is 3. The number of carbonyl (C=O) groups is 1. The molecule has 2 heterocycles. The zero-order valence-corrected chi connectivity index (χ0v) is 10.7. The molecule has 2 N–H and O–H groups in total. The Hall–Kier alpha value is -2.17. The van der Waals surface area contributed by atoms with E-state index in [9.17, 15) is 4.79 Å². The zero-order valence-electron chi connectivity index (χ0n) is 10.7. The van der Waals surface area contributed by atoms with Gasteiger partial charge in [-0.1, -0.05) is 0 Å². The monoisotopic (exact) mass is 257 g/mol. The lowest BCUT2D eigenvalue weighted by molar-refractivity contribution is -0.142. The molecule has 0 amide bonds. The molecule has 19 heavy (non-hydrogen) atoms. The first-order valence-electron chi connectivity index (χ1n) is 6.38. The van der Waals surface area contributed by atoms with Crippen molar-refractivity contribution in [1.82, 2.24) is 15.0 Å². The van der Waals surface area contributed by atoms with E-state index in [0.717, 1.165) is 22.6 Å². The van der Waals surface area contributed by atoms with E-state index in [4.69, 9.17) is 5.11 Å². The van der Waals surface area contributed by atoms with Gasteiger partial charge < -0.3 is 10.1 Å². The molecular formula is C14H15N3O2. The quantitative estimate of drug-likeness (QED) is 0.862. The summed E-state index contributed by atoms with van der Waals surface area (Å²) in [7, 11) is 0. The summed E-state index contributed by atoms with van der Waals surface area (Å²) in [5, 5.41) is 9.11. The molecule has 0 radical (unpaired) electrons. The summed E-state index contributed by atoms with van der Waals surface area (Å²) in [4.78, 5) is 23.2. The standard InChI is InChI=1S/C14H15N3O2/c1-8-10-7-9(14(18)19)4-5-11(10)17-13(16-8)12-3-2-6-15-12/h2-3,6,9,15H,4-5,7H2,1H3,(H,18,19). The number of aliphatic carboxylic acids is 1. The number of nitrogens with one attached hydrogen (secondary N) is 1. The van der Waals surface area contributed by atoms with Gasteiger partial charge in [0.25, 0.3) is 0 Å². The number of nitrogens with zero attached hydrogens (tertiary/aromatic N) is 2. The second kappa shape index (κ2) is 4.50. The summed E-state index contributed by atoms with van der Waals surface area (Å²) in [6.07, 6.45) is 3.75. The van der Waals surface area contributed by atoms with Crippen molar-refractivity contribution in [2.75, 3.05) is 0 Å². The van der Waals surface area contributed by atoms with E-state index in [-0.39, 0.29) is 5.92 Å². The first-order chi connectivity index (χ1) is 9.15. The van der Waals surface area contributed by atoms with Gasteiger partial charge in [0.05, 0.1) is 11.6 Å². The van der Waals surface area contributed by atoms with Crippen LogP contribution in [-0.2, 0) is 17.6 Å². The Kier molecular flexibility index (Phi) is 2.81. The van der Waals surface area contributed by atoms with Crippen molar-refractivity contribution in [3.63, 3.8) is 0 Å². The van der Waals surface area contributed by atoms with Gasteiger partial charge in [-0.05, 0) is 43.9 Å². The van der Waals surface area contributed by atoms with Crippen LogP contribution in [0.25, 0.3) is 11.5 Å². The van der Waals surface area contributed by atoms with Gasteiger partial charge in [0, 0.05) is 17.6 Å². The molecule has 0 spiro atoms. The van der Waals surface area contributed by atoms with Crippen LogP contribution in [0.1, 0.15) is 23.4 Å². The molecule has 1 unspecified atom stereocenters. The Morgan fingerprint density at radius 3 is 3.00 bits per heavy atom. The van der Waals surface area contributed by atoms with Gasteiger partial charge in [-0.25, -0.2) is 9.97 Å². The SMILES string of the molecule is Cc1nc(-c2ccc[nH]2)nc2c1CC(C(=O)O)CC2. The summed E-state index contributed by atoms with van der Waals surface area (Å²) in [6, 6.07) is 3.85. The van der Waals surface area contributed by atoms with E-state index < -0.39 is 5.97 Å². The molecular weight excluding hydrogens is 242 g/mol. The molecule has 1 atom stereocenters. The fourth-order valence-electron chi connectivity index (χ4n) is 2.59. The van der Waals surface area contributed by atoms with E-state index in [1.54, 1.807) is 0 Å². The molecule has 1 aliphatic carbocycles. The number of H-pyrrole nitrogens is 1. The average molecular weight is 257 g/mol. The van der Waals surface area contributed by atoms with Gasteiger partial charge in [-0.15, -0.1) is 0 Å². The highest BCUT2D eigenvalue weighted by Crippen LogP contribution is 2.28. The first kappa shape index (κ1) is 11.9. The number of fused-ring (bicyclic) bond motifs is 1. The summed E-state index contributed by atoms with van der Waals surface area (Å²) in [5.41, 5.74) is 3.79. The molecule has 5 nitrogen and oxygen atoms in total. The predicted octanol–water partition coefficient (Wildman–Crippen LogP) is 1.97. The van der Waals surface area contributed by atoms with E-state index in [2.05, 4.69) is 15.0 Å². The van der Waals surface area contributed by atoms with Crippen LogP contribution in [0.2, 0.25) is 0 Å². The van der Waals surface area contributed by atoms with Crippen LogP contribution in [0.15, 0.2) is 18.3 Å². The molecule has 0 fully saturated rings. The zero-order chi connectivity index (χ0) is 13.4. The van der Waals surface area contributed by atoms with Gasteiger partial charge in [-0.3, -0.25) is 4.79 Å². The Balaban J connectivity index is 2.00. The Morgan fingerprint density at radius 1 is 1.47 bits per heavy atom. The van der Waals surface area contributed by atoms with Crippen LogP contribution in [0.4, 0.5) is 0 Å². The van der Waals surface area contributed by atoms with Gasteiger partial charge in [0.2, 0.25) is 0 Å². The van der Waals surface area contributed by atoms with Crippen LogP contribution in [0.5, 0.6) is 0 Å². The van der Waals surface area contributed by atoms with E-state index in [1.807, 2.05) is 25.3 Å². The number of hydrogen-bond donors (Lipinski definition) is 2. The van der Waals surface area contributed by atoms with Crippen LogP contribution in [-0.4, -0.2) is 26.0 Å². The minimum Gasteiger partial charge on any atom is -0.481 e. The van der Waals surface area contributed by atoms with E-state index in [0.29, 0.717) is 25.1 Å². The normalized spacial score (nSPS) is 18.1. The van der Waals surface area contributed by atoms with Crippen molar-refractivity contribution >= 4 is 5.97 Å². The second-order valence-corrected chi connectivity index (χ2v) is 4.92. The highest BCUT2D eigenvalue weighted by Gasteiger charge is 2.27. The average Bonchev–Trinajstić information content (AvgIpc) is 2.92. The van der Waals surface area contributed by atoms with Crippen LogP contribution >= 0.6 is 0 Å². The third-order valence-electron chi connectivity index (χ3n) is 3.67. The smallest absolute Gasteiger partial charge is 0.306 e. The third kappa shape index (κ3) is 2.12. The fraction of sp³-hybridized carbons (Fsp3) is 0.357. The molecule has 1 aliphatic rings. The summed E-state index contributed by atoms with van der Waals surface area (Å²) in [5.74, 6) is -0.334. The van der Waals surface area contributed by atoms with Gasteiger partial charge >= 0.3 is 5.97 Å². The molecule has 2 aromatic heterocycles. The molecule has 0 aromatic carbocycles. The van der Waals surface area contributed by atoms with Crippen LogP contribution in [0.3, 0.4) is 0 Å². The van der Waals surface area contributed by atoms with E-state index >= 15 is 0 Å². The summed E-state index contributed by atoms with van der Waals surface area (Å²) in [6.45, 7) is 1.93. The van der Waals surface area contributed by atoms with Gasteiger partial charge in [0.1, 0.15) is 0 Å². The number of carboxylic acids is 1. The summed E-state index contributed by atoms with van der Waals surface area (Å²) < 4.78 is 0. The molecule has 5 heteroatoms. The largest absolute Gasteiger partial charge is 0.481 e. The van der Waals surface area contributed by atoms with Gasteiger partial charge in [0.15, 0.2) is 5.82 Å². The lowest BCUT2D eigenvalue weighted by Crippen LogP contribution is -2.24. The minimum absolute atomic E-state index is 0.300. The lowest BCUT2D eigenvalue weighted by Gasteiger charge is -2.22. The highest BCUT2D eigenvalue weighted by atomic mass is 16.4. The van der Waals surface area contributed by atoms with Crippen molar-refractivity contribution in [1.29, 1.82) is 0 Å². The fourth-order valence-corrected chi connectivity index (χ4v) is 2.59. The van der Waals surface area contributed by atoms with E-state index in [1.165, 1.54) is 0 Å². The Bertz CT molecular complexity index is 620. The molecule has 2 aromatic rings. The van der Waals surface area contributed by atoms with Crippen molar-refractivity contribution in [2.45, 2.75) is 26.2 Å². The maximum Gasteiger partial charge on any atom is 0.306 e. The lowest BCUT2D eigenvalue weighted by atomic mass is 9.86. The highest BCUT2D eigenvalue weighted by molar-refractivity contribution is 5.71. The molecule has 98 valence electrons. The Morgan fingerprint density at radius 2 is 2.32 bits per heavy atom. The molecule has 0 saturated carbocycles. The topological polar surface area (TPSA) is 78.9 Å². The van der Waals surface area contributed by atoms with Crippen molar-refractivity contribution in [3.05, 3.63) is 35.3 Å². The number of aromatic nitrogens is 3. The number of rotatable bonds is 2. The summed E-state index contributed by atoms with van der Waals surface area (Å²) >= 11 is 0.